The topological polar surface area (TPSA) is 145 Å². The third-order valence-electron chi connectivity index (χ3n) is 28.5. The second kappa shape index (κ2) is 20.8. The van der Waals surface area contributed by atoms with Gasteiger partial charge in [0.15, 0.2) is 0 Å². The Hall–Kier alpha value is -0.240. The summed E-state index contributed by atoms with van der Waals surface area (Å²) >= 11 is 0. The Morgan fingerprint density at radius 1 is 0.500 bits per heavy atom. The average Bonchev–Trinajstić information content (AvgIpc) is 4.06. The zero-order valence-electron chi connectivity index (χ0n) is 48.5. The van der Waals surface area contributed by atoms with E-state index in [-0.39, 0.29) is 23.5 Å². The Morgan fingerprint density at radius 3 is 1.89 bits per heavy atom. The fraction of sp³-hybridized carbons (Fsp3) is 1.00. The molecule has 12 aliphatic carbocycles. The Balaban J connectivity index is 0.000000125. The maximum Gasteiger partial charge on any atom is 0.0976 e. The van der Waals surface area contributed by atoms with Gasteiger partial charge in [0.2, 0.25) is 0 Å². The number of aliphatic hydroxyl groups is 2. The highest BCUT2D eigenvalue weighted by Crippen LogP contribution is 2.70. The third-order valence-corrected chi connectivity index (χ3v) is 28.5. The monoisotopic (exact) mass is 999 g/mol. The van der Waals surface area contributed by atoms with Gasteiger partial charge in [0.1, 0.15) is 0 Å². The fourth-order valence-electron chi connectivity index (χ4n) is 24.3. The third kappa shape index (κ3) is 9.26. The molecule has 12 saturated carbocycles. The van der Waals surface area contributed by atoms with Gasteiger partial charge in [0, 0.05) is 29.6 Å². The van der Waals surface area contributed by atoms with Crippen molar-refractivity contribution >= 4 is 0 Å². The summed E-state index contributed by atoms with van der Waals surface area (Å²) in [6.07, 6.45) is 39.6. The van der Waals surface area contributed by atoms with E-state index >= 15 is 0 Å². The number of fused-ring (bicyclic) bond motifs is 15. The van der Waals surface area contributed by atoms with Gasteiger partial charge in [-0.15, -0.1) is 0 Å². The van der Waals surface area contributed by atoms with E-state index < -0.39 is 11.7 Å². The lowest BCUT2D eigenvalue weighted by Gasteiger charge is -2.65. The molecular formula is C66H118N4O2. The molecule has 6 nitrogen and oxygen atoms in total. The van der Waals surface area contributed by atoms with E-state index in [1.165, 1.54) is 141 Å². The van der Waals surface area contributed by atoms with Crippen molar-refractivity contribution < 1.29 is 10.2 Å². The van der Waals surface area contributed by atoms with Gasteiger partial charge in [-0.2, -0.15) is 0 Å². The van der Waals surface area contributed by atoms with E-state index in [2.05, 4.69) is 62.3 Å². The lowest BCUT2D eigenvalue weighted by molar-refractivity contribution is -0.254. The van der Waals surface area contributed by atoms with E-state index in [0.29, 0.717) is 46.0 Å². The molecule has 0 aromatic carbocycles. The van der Waals surface area contributed by atoms with Crippen LogP contribution in [0.5, 0.6) is 0 Å². The van der Waals surface area contributed by atoms with Crippen LogP contribution in [0.25, 0.3) is 0 Å². The second-order valence-corrected chi connectivity index (χ2v) is 31.7. The largest absolute Gasteiger partial charge is 0.390 e. The summed E-state index contributed by atoms with van der Waals surface area (Å²) < 4.78 is 0. The van der Waals surface area contributed by atoms with Crippen LogP contribution in [0, 0.1) is 122 Å². The first kappa shape index (κ1) is 55.1. The van der Waals surface area contributed by atoms with Crippen LogP contribution in [0.2, 0.25) is 0 Å². The predicted octanol–water partition coefficient (Wildman–Crippen LogP) is 14.2. The maximum absolute atomic E-state index is 11.5. The van der Waals surface area contributed by atoms with Crippen LogP contribution in [0.3, 0.4) is 0 Å². The molecule has 0 aliphatic heterocycles. The molecule has 0 bridgehead atoms. The van der Waals surface area contributed by atoms with Crippen LogP contribution in [0.1, 0.15) is 255 Å². The molecule has 1 unspecified atom stereocenters. The van der Waals surface area contributed by atoms with Crippen molar-refractivity contribution in [3.63, 3.8) is 0 Å². The maximum atomic E-state index is 11.5. The summed E-state index contributed by atoms with van der Waals surface area (Å²) in [6, 6.07) is 1.03. The van der Waals surface area contributed by atoms with Gasteiger partial charge >= 0.3 is 0 Å². The molecule has 6 heteroatoms. The SMILES string of the molecule is CC(C)CCC[C@H](C)[C@H]1CC[C@@H]2C1CC[C@H]1[C@H]2CC[C@H]2C[C@H](N)CC[C@@]21C.CC[C@H]1CC[C@H]2[C@@H]3C[C@@H](O)[C@@]4(O)C[C@H](N)CC[C@]4(C)[C@H]3CC[C@]12C.C[C@@]12CCC[C@H]1[C@@H]1CC[C@H]3C[C@H](N)[C@H](N)C[C@]3(C)[C@H]1CC2. The fourth-order valence-corrected chi connectivity index (χ4v) is 24.3. The zero-order chi connectivity index (χ0) is 51.3. The molecule has 0 spiro atoms. The van der Waals surface area contributed by atoms with E-state index in [9.17, 15) is 10.2 Å². The lowest BCUT2D eigenvalue weighted by Crippen LogP contribution is -2.69. The van der Waals surface area contributed by atoms with Crippen LogP contribution in [-0.2, 0) is 0 Å². The smallest absolute Gasteiger partial charge is 0.0976 e. The van der Waals surface area contributed by atoms with Gasteiger partial charge in [-0.05, 0) is 277 Å². The highest BCUT2D eigenvalue weighted by molar-refractivity contribution is 5.18. The van der Waals surface area contributed by atoms with Crippen LogP contribution >= 0.6 is 0 Å². The highest BCUT2D eigenvalue weighted by atomic mass is 16.3. The summed E-state index contributed by atoms with van der Waals surface area (Å²) in [5.74, 6) is 14.6. The minimum absolute atomic E-state index is 0.0408. The van der Waals surface area contributed by atoms with Crippen molar-refractivity contribution in [3.05, 3.63) is 0 Å². The van der Waals surface area contributed by atoms with E-state index in [4.69, 9.17) is 22.9 Å². The standard InChI is InChI=1S/C26H47N.C21H37NO2.C19H34N2/c1-17(2)6-5-7-18(3)21-10-11-23-22(21)12-13-25-24(23)9-8-19-16-20(27)14-15-26(19,25)4;1-4-13-5-6-16-15-11-18(23)21(24)12-14(22)7-10-20(21,3)17(15)8-9-19(13,16)2;1-18-8-3-4-14(18)13-6-5-12-10-16(20)17(21)11-19(12,2)15(13)7-9-18/h17-25H,5-16,27H2,1-4H3;13-18,23-24H,4-12,22H2,1-3H3;12-17H,3-11,20-21H2,1-2H3/t18-,19-,20+,21+,22?,23+,24-,25-,26-;13-,14+,15-,16-,17-,18+,19+,20+,21-;12-,13-,14-,15-,16-,17+,18-,19-/m000/s1. The van der Waals surface area contributed by atoms with Crippen molar-refractivity contribution in [1.29, 1.82) is 0 Å². The molecule has 12 fully saturated rings. The van der Waals surface area contributed by atoms with Crippen LogP contribution in [0.4, 0.5) is 0 Å². The summed E-state index contributed by atoms with van der Waals surface area (Å²) in [6.45, 7) is 22.4. The lowest BCUT2D eigenvalue weighted by atomic mass is 9.42. The molecule has 10 N–H and O–H groups in total. The van der Waals surface area contributed by atoms with Crippen molar-refractivity contribution in [2.75, 3.05) is 0 Å². The average molecular weight is 1000 g/mol. The molecule has 414 valence electrons. The molecule has 12 aliphatic rings. The van der Waals surface area contributed by atoms with Crippen molar-refractivity contribution in [3.8, 4) is 0 Å². The van der Waals surface area contributed by atoms with Crippen molar-refractivity contribution in [2.45, 2.75) is 291 Å². The molecular weight excluding hydrogens is 881 g/mol. The number of hydrogen-bond acceptors (Lipinski definition) is 6. The predicted molar refractivity (Wildman–Crippen MR) is 300 cm³/mol. The zero-order valence-corrected chi connectivity index (χ0v) is 48.5. The van der Waals surface area contributed by atoms with Gasteiger partial charge in [0.25, 0.3) is 0 Å². The molecule has 12 rings (SSSR count). The van der Waals surface area contributed by atoms with Crippen LogP contribution in [0.15, 0.2) is 0 Å². The Labute approximate surface area is 443 Å². The first-order chi connectivity index (χ1) is 34.1. The Kier molecular flexibility index (Phi) is 15.9. The minimum atomic E-state index is -0.970. The molecule has 0 radical (unpaired) electrons. The number of hydrogen-bond donors (Lipinski definition) is 6. The van der Waals surface area contributed by atoms with Gasteiger partial charge in [-0.3, -0.25) is 0 Å². The second-order valence-electron chi connectivity index (χ2n) is 31.7. The van der Waals surface area contributed by atoms with Gasteiger partial charge < -0.3 is 33.1 Å². The summed E-state index contributed by atoms with van der Waals surface area (Å²) in [7, 11) is 0. The summed E-state index contributed by atoms with van der Waals surface area (Å²) in [4.78, 5) is 0. The van der Waals surface area contributed by atoms with Gasteiger partial charge in [-0.1, -0.05) is 94.4 Å². The minimum Gasteiger partial charge on any atom is -0.390 e. The normalized spacial score (nSPS) is 55.6. The molecule has 0 aromatic rings. The van der Waals surface area contributed by atoms with Gasteiger partial charge in [0.05, 0.1) is 11.7 Å². The van der Waals surface area contributed by atoms with E-state index in [1.54, 1.807) is 25.7 Å². The first-order valence-corrected chi connectivity index (χ1v) is 32.5. The quantitative estimate of drug-likeness (QED) is 0.156. The van der Waals surface area contributed by atoms with Crippen LogP contribution < -0.4 is 22.9 Å². The Bertz CT molecular complexity index is 1840. The first-order valence-electron chi connectivity index (χ1n) is 32.5. The van der Waals surface area contributed by atoms with E-state index in [0.717, 1.165) is 102 Å². The number of rotatable bonds is 6. The summed E-state index contributed by atoms with van der Waals surface area (Å²) in [5.41, 5.74) is 26.4. The van der Waals surface area contributed by atoms with Crippen LogP contribution in [-0.4, -0.2) is 46.1 Å². The highest BCUT2D eigenvalue weighted by Gasteiger charge is 2.67. The Morgan fingerprint density at radius 2 is 1.14 bits per heavy atom. The molecule has 26 atom stereocenters. The summed E-state index contributed by atoms with van der Waals surface area (Å²) in [5, 5.41) is 22.5. The van der Waals surface area contributed by atoms with Crippen molar-refractivity contribution in [2.24, 2.45) is 145 Å². The molecule has 0 amide bonds. The number of nitrogens with two attached hydrogens (primary N) is 4. The molecule has 0 heterocycles. The van der Waals surface area contributed by atoms with E-state index in [1.807, 2.05) is 0 Å². The van der Waals surface area contributed by atoms with Crippen molar-refractivity contribution in [1.82, 2.24) is 0 Å². The van der Waals surface area contributed by atoms with Gasteiger partial charge in [-0.25, -0.2) is 0 Å². The number of aliphatic hydroxyl groups excluding tert-OH is 1. The molecule has 0 saturated heterocycles. The molecule has 0 aromatic heterocycles. The molecule has 72 heavy (non-hydrogen) atoms.